The first-order chi connectivity index (χ1) is 2.81. The van der Waals surface area contributed by atoms with Crippen molar-refractivity contribution in [2.24, 2.45) is 5.73 Å². The Kier molecular flexibility index (Phi) is 11.2. The molecule has 0 radical (unpaired) electrons. The van der Waals surface area contributed by atoms with Gasteiger partial charge in [0.05, 0.1) is 0 Å². The zero-order valence-corrected chi connectivity index (χ0v) is 8.41. The van der Waals surface area contributed by atoms with Crippen molar-refractivity contribution in [1.29, 1.82) is 0 Å². The molecular formula is C3H6Br3N. The summed E-state index contributed by atoms with van der Waals surface area (Å²) in [6.07, 6.45) is 0. The number of rotatable bonds is 1. The number of halogens is 3. The Labute approximate surface area is 70.4 Å². The third-order valence-corrected chi connectivity index (χ3v) is 2.03. The van der Waals surface area contributed by atoms with Crippen LogP contribution in [-0.2, 0) is 0 Å². The molecule has 0 fully saturated rings. The van der Waals surface area contributed by atoms with Crippen LogP contribution in [0.2, 0.25) is 0 Å². The standard InChI is InChI=1S/C3H5Br2N.BrH/c4-1-3(5)2-6;/h1H,2,6H2;1H. The Hall–Kier alpha value is 1.14. The molecule has 0 amide bonds. The molecule has 0 saturated carbocycles. The van der Waals surface area contributed by atoms with Crippen LogP contribution in [-0.4, -0.2) is 6.54 Å². The van der Waals surface area contributed by atoms with Gasteiger partial charge in [-0.25, -0.2) is 0 Å². The molecule has 0 heterocycles. The second-order valence-corrected chi connectivity index (χ2v) is 2.24. The van der Waals surface area contributed by atoms with Crippen molar-refractivity contribution in [3.8, 4) is 0 Å². The number of hydrogen-bond donors (Lipinski definition) is 1. The fourth-order valence-corrected chi connectivity index (χ4v) is 0.231. The fraction of sp³-hybridized carbons (Fsp3) is 0.333. The van der Waals surface area contributed by atoms with E-state index < -0.39 is 0 Å². The van der Waals surface area contributed by atoms with Gasteiger partial charge in [0.15, 0.2) is 0 Å². The van der Waals surface area contributed by atoms with Crippen molar-refractivity contribution in [3.63, 3.8) is 0 Å². The van der Waals surface area contributed by atoms with E-state index >= 15 is 0 Å². The molecular weight excluding hydrogens is 290 g/mol. The monoisotopic (exact) mass is 293 g/mol. The summed E-state index contributed by atoms with van der Waals surface area (Å²) < 4.78 is 0.975. The predicted octanol–water partition coefficient (Wildman–Crippen LogP) is 2.15. The lowest BCUT2D eigenvalue weighted by Crippen LogP contribution is -1.95. The first kappa shape index (κ1) is 11.0. The van der Waals surface area contributed by atoms with E-state index in [4.69, 9.17) is 5.73 Å². The molecule has 0 aliphatic carbocycles. The highest BCUT2D eigenvalue weighted by Crippen LogP contribution is 2.03. The molecule has 1 nitrogen and oxygen atoms in total. The van der Waals surface area contributed by atoms with Gasteiger partial charge in [0, 0.05) is 11.0 Å². The highest BCUT2D eigenvalue weighted by atomic mass is 79.9. The Balaban J connectivity index is 0. The molecule has 0 bridgehead atoms. The molecule has 0 saturated heterocycles. The van der Waals surface area contributed by atoms with Gasteiger partial charge >= 0.3 is 0 Å². The zero-order chi connectivity index (χ0) is 4.99. The summed E-state index contributed by atoms with van der Waals surface area (Å²) in [6, 6.07) is 0. The van der Waals surface area contributed by atoms with Crippen LogP contribution >= 0.6 is 48.8 Å². The average Bonchev–Trinajstić information content (AvgIpc) is 1.65. The minimum absolute atomic E-state index is 0. The first-order valence-electron chi connectivity index (χ1n) is 1.46. The molecule has 7 heavy (non-hydrogen) atoms. The third kappa shape index (κ3) is 7.14. The fourth-order valence-electron chi connectivity index (χ4n) is 0.0445. The molecule has 0 rings (SSSR count). The second-order valence-electron chi connectivity index (χ2n) is 0.760. The average molecular weight is 296 g/mol. The van der Waals surface area contributed by atoms with Gasteiger partial charge in [-0.2, -0.15) is 0 Å². The maximum Gasteiger partial charge on any atom is 0.0250 e. The van der Waals surface area contributed by atoms with Gasteiger partial charge in [-0.05, 0) is 4.99 Å². The molecule has 0 unspecified atom stereocenters. The highest BCUT2D eigenvalue weighted by molar-refractivity contribution is 9.14. The summed E-state index contributed by atoms with van der Waals surface area (Å²) in [7, 11) is 0. The smallest absolute Gasteiger partial charge is 0.0250 e. The minimum Gasteiger partial charge on any atom is -0.326 e. The second kappa shape index (κ2) is 7.14. The van der Waals surface area contributed by atoms with Gasteiger partial charge in [0.25, 0.3) is 0 Å². The highest BCUT2D eigenvalue weighted by Gasteiger charge is 1.77. The van der Waals surface area contributed by atoms with E-state index in [0.717, 1.165) is 4.48 Å². The molecule has 0 aromatic rings. The van der Waals surface area contributed by atoms with E-state index in [1.165, 1.54) is 0 Å². The number of hydrogen-bond acceptors (Lipinski definition) is 1. The quantitative estimate of drug-likeness (QED) is 0.788. The maximum absolute atomic E-state index is 5.14. The Morgan fingerprint density at radius 2 is 2.14 bits per heavy atom. The van der Waals surface area contributed by atoms with Gasteiger partial charge in [0.1, 0.15) is 0 Å². The normalized spacial score (nSPS) is 10.4. The molecule has 0 atom stereocenters. The van der Waals surface area contributed by atoms with Gasteiger partial charge < -0.3 is 5.73 Å². The van der Waals surface area contributed by atoms with E-state index in [0.29, 0.717) is 6.54 Å². The predicted molar refractivity (Wildman–Crippen MR) is 45.3 cm³/mol. The van der Waals surface area contributed by atoms with E-state index in [9.17, 15) is 0 Å². The Morgan fingerprint density at radius 1 is 1.71 bits per heavy atom. The van der Waals surface area contributed by atoms with Crippen LogP contribution < -0.4 is 5.73 Å². The van der Waals surface area contributed by atoms with Gasteiger partial charge in [0.2, 0.25) is 0 Å². The van der Waals surface area contributed by atoms with Crippen LogP contribution in [0.1, 0.15) is 0 Å². The molecule has 0 spiro atoms. The molecule has 2 N–H and O–H groups in total. The van der Waals surface area contributed by atoms with Crippen LogP contribution in [0.25, 0.3) is 0 Å². The summed E-state index contributed by atoms with van der Waals surface area (Å²) >= 11 is 6.25. The summed E-state index contributed by atoms with van der Waals surface area (Å²) in [6.45, 7) is 0.561. The van der Waals surface area contributed by atoms with Crippen LogP contribution in [0.15, 0.2) is 9.47 Å². The van der Waals surface area contributed by atoms with E-state index in [1.54, 1.807) is 4.99 Å². The molecule has 0 aromatic carbocycles. The first-order valence-corrected chi connectivity index (χ1v) is 3.17. The summed E-state index contributed by atoms with van der Waals surface area (Å²) in [5, 5.41) is 0. The van der Waals surface area contributed by atoms with E-state index in [2.05, 4.69) is 31.9 Å². The Morgan fingerprint density at radius 3 is 2.14 bits per heavy atom. The van der Waals surface area contributed by atoms with Crippen LogP contribution in [0.4, 0.5) is 0 Å². The van der Waals surface area contributed by atoms with E-state index in [-0.39, 0.29) is 17.0 Å². The zero-order valence-electron chi connectivity index (χ0n) is 3.53. The van der Waals surface area contributed by atoms with Gasteiger partial charge in [-0.3, -0.25) is 0 Å². The van der Waals surface area contributed by atoms with E-state index in [1.807, 2.05) is 0 Å². The number of nitrogens with two attached hydrogens (primary N) is 1. The molecule has 0 aliphatic rings. The molecule has 0 aliphatic heterocycles. The van der Waals surface area contributed by atoms with Crippen molar-refractivity contribution in [3.05, 3.63) is 9.47 Å². The summed E-state index contributed by atoms with van der Waals surface area (Å²) in [5.41, 5.74) is 5.14. The molecule has 0 aromatic heterocycles. The van der Waals surface area contributed by atoms with Crippen molar-refractivity contribution in [2.45, 2.75) is 0 Å². The van der Waals surface area contributed by atoms with Crippen molar-refractivity contribution in [2.75, 3.05) is 6.54 Å². The summed E-state index contributed by atoms with van der Waals surface area (Å²) in [5.74, 6) is 0. The minimum atomic E-state index is 0. The SMILES string of the molecule is Br.NCC(Br)=CBr. The van der Waals surface area contributed by atoms with Crippen LogP contribution in [0.3, 0.4) is 0 Å². The summed E-state index contributed by atoms with van der Waals surface area (Å²) in [4.78, 5) is 1.74. The lowest BCUT2D eigenvalue weighted by molar-refractivity contribution is 1.25. The van der Waals surface area contributed by atoms with Gasteiger partial charge in [-0.1, -0.05) is 31.9 Å². The van der Waals surface area contributed by atoms with Gasteiger partial charge in [-0.15, -0.1) is 17.0 Å². The van der Waals surface area contributed by atoms with Crippen LogP contribution in [0.5, 0.6) is 0 Å². The maximum atomic E-state index is 5.14. The van der Waals surface area contributed by atoms with Crippen molar-refractivity contribution >= 4 is 48.8 Å². The van der Waals surface area contributed by atoms with Crippen LogP contribution in [0, 0.1) is 0 Å². The lowest BCUT2D eigenvalue weighted by atomic mass is 10.7. The largest absolute Gasteiger partial charge is 0.326 e. The van der Waals surface area contributed by atoms with Crippen molar-refractivity contribution in [1.82, 2.24) is 0 Å². The lowest BCUT2D eigenvalue weighted by Gasteiger charge is -1.81. The third-order valence-electron chi connectivity index (χ3n) is 0.313. The van der Waals surface area contributed by atoms with Crippen molar-refractivity contribution < 1.29 is 0 Å². The Bertz CT molecular complexity index is 61.2. The molecule has 4 heteroatoms. The topological polar surface area (TPSA) is 26.0 Å². The molecule has 44 valence electrons.